The van der Waals surface area contributed by atoms with Crippen molar-refractivity contribution >= 4 is 17.9 Å². The third-order valence-corrected chi connectivity index (χ3v) is 5.68. The van der Waals surface area contributed by atoms with Gasteiger partial charge in [-0.1, -0.05) is 18.2 Å². The summed E-state index contributed by atoms with van der Waals surface area (Å²) >= 11 is 0. The minimum atomic E-state index is -0.713. The first-order valence-electron chi connectivity index (χ1n) is 10.0. The Morgan fingerprint density at radius 1 is 1.31 bits per heavy atom. The zero-order valence-corrected chi connectivity index (χ0v) is 16.8. The summed E-state index contributed by atoms with van der Waals surface area (Å²) in [4.78, 5) is 13.3. The van der Waals surface area contributed by atoms with Crippen LogP contribution in [0.1, 0.15) is 60.4 Å². The van der Waals surface area contributed by atoms with Gasteiger partial charge in [-0.05, 0) is 62.9 Å². The minimum absolute atomic E-state index is 0.0168. The summed E-state index contributed by atoms with van der Waals surface area (Å²) in [7, 11) is 0. The quantitative estimate of drug-likeness (QED) is 0.734. The van der Waals surface area contributed by atoms with Crippen LogP contribution < -0.4 is 15.4 Å². The van der Waals surface area contributed by atoms with Gasteiger partial charge < -0.3 is 19.4 Å². The molecule has 0 saturated heterocycles. The van der Waals surface area contributed by atoms with E-state index in [0.29, 0.717) is 42.1 Å². The zero-order chi connectivity index (χ0) is 20.6. The molecule has 2 aliphatic carbocycles. The molecule has 4 rings (SSSR count). The fraction of sp³-hybridized carbons (Fsp3) is 0.375. The highest BCUT2D eigenvalue weighted by Crippen LogP contribution is 2.41. The maximum Gasteiger partial charge on any atom is 0.197 e. The van der Waals surface area contributed by atoms with E-state index >= 15 is 0 Å². The molecular formula is C24H26O5. The van der Waals surface area contributed by atoms with Crippen LogP contribution in [-0.4, -0.2) is 35.3 Å². The van der Waals surface area contributed by atoms with E-state index in [4.69, 9.17) is 14.3 Å². The summed E-state index contributed by atoms with van der Waals surface area (Å²) < 4.78 is 12.0. The monoisotopic (exact) mass is 394 g/mol. The minimum Gasteiger partial charge on any atom is -0.494 e. The number of allylic oxidation sites excluding steroid dienone is 2. The van der Waals surface area contributed by atoms with Crippen LogP contribution in [0, 0.1) is 0 Å². The number of hydrogen-bond acceptors (Lipinski definition) is 5. The van der Waals surface area contributed by atoms with Gasteiger partial charge in [0.15, 0.2) is 5.78 Å². The molecule has 1 heterocycles. The number of hydrogen-bond donors (Lipinski definition) is 2. The normalized spacial score (nSPS) is 17.3. The SMILES string of the molecule is CC1(C)c2cc(OCCC[C@H](O)CO)ccc2C(=O)c2c1oc1c2=CC=CCC=1. The highest BCUT2D eigenvalue weighted by atomic mass is 16.5. The number of fused-ring (bicyclic) bond motifs is 4. The van der Waals surface area contributed by atoms with Gasteiger partial charge in [-0.3, -0.25) is 4.79 Å². The molecule has 0 unspecified atom stereocenters. The number of carbonyl (C=O) groups excluding carboxylic acids is 1. The lowest BCUT2D eigenvalue weighted by molar-refractivity contribution is 0.0827. The molecule has 29 heavy (non-hydrogen) atoms. The van der Waals surface area contributed by atoms with E-state index in [1.54, 1.807) is 0 Å². The van der Waals surface area contributed by atoms with E-state index in [1.165, 1.54) is 0 Å². The molecule has 1 aromatic heterocycles. The molecule has 5 nitrogen and oxygen atoms in total. The van der Waals surface area contributed by atoms with E-state index in [1.807, 2.05) is 42.5 Å². The van der Waals surface area contributed by atoms with Gasteiger partial charge in [0.05, 0.1) is 24.9 Å². The predicted molar refractivity (Wildman–Crippen MR) is 110 cm³/mol. The van der Waals surface area contributed by atoms with Gasteiger partial charge in [0, 0.05) is 16.2 Å². The molecule has 0 amide bonds. The highest BCUT2D eigenvalue weighted by molar-refractivity contribution is 6.13. The van der Waals surface area contributed by atoms with Crippen LogP contribution in [0.3, 0.4) is 0 Å². The molecule has 2 aliphatic rings. The Morgan fingerprint density at radius 2 is 2.14 bits per heavy atom. The molecule has 0 fully saturated rings. The van der Waals surface area contributed by atoms with Crippen LogP contribution in [0.5, 0.6) is 5.75 Å². The molecule has 0 saturated carbocycles. The molecule has 1 aromatic carbocycles. The summed E-state index contributed by atoms with van der Waals surface area (Å²) in [5.41, 5.74) is 2.51. The second-order valence-electron chi connectivity index (χ2n) is 8.11. The number of aliphatic hydroxyl groups is 2. The topological polar surface area (TPSA) is 79.9 Å². The number of carbonyl (C=O) groups is 1. The fourth-order valence-electron chi connectivity index (χ4n) is 4.05. The van der Waals surface area contributed by atoms with Crippen molar-refractivity contribution in [2.45, 2.75) is 44.6 Å². The second-order valence-corrected chi connectivity index (χ2v) is 8.11. The summed E-state index contributed by atoms with van der Waals surface area (Å²) in [6.45, 7) is 4.32. The highest BCUT2D eigenvalue weighted by Gasteiger charge is 2.41. The number of aliphatic hydroxyl groups excluding tert-OH is 2. The predicted octanol–water partition coefficient (Wildman–Crippen LogP) is 2.18. The Kier molecular flexibility index (Phi) is 5.19. The Labute approximate surface area is 169 Å². The van der Waals surface area contributed by atoms with Gasteiger partial charge in [0.1, 0.15) is 16.9 Å². The molecule has 0 aliphatic heterocycles. The Hall–Kier alpha value is -2.63. The number of benzene rings is 1. The average molecular weight is 394 g/mol. The number of rotatable bonds is 6. The summed E-state index contributed by atoms with van der Waals surface area (Å²) in [5, 5.41) is 19.2. The van der Waals surface area contributed by atoms with Crippen LogP contribution in [0.2, 0.25) is 0 Å². The van der Waals surface area contributed by atoms with E-state index in [-0.39, 0.29) is 12.4 Å². The number of ketones is 1. The van der Waals surface area contributed by atoms with E-state index < -0.39 is 11.5 Å². The van der Waals surface area contributed by atoms with Crippen LogP contribution in [-0.2, 0) is 5.41 Å². The second kappa shape index (κ2) is 7.65. The fourth-order valence-corrected chi connectivity index (χ4v) is 4.05. The van der Waals surface area contributed by atoms with Gasteiger partial charge in [-0.2, -0.15) is 0 Å². The maximum atomic E-state index is 13.3. The van der Waals surface area contributed by atoms with Crippen molar-refractivity contribution in [1.82, 2.24) is 0 Å². The lowest BCUT2D eigenvalue weighted by Crippen LogP contribution is -2.33. The van der Waals surface area contributed by atoms with Crippen LogP contribution in [0.25, 0.3) is 12.2 Å². The first-order valence-corrected chi connectivity index (χ1v) is 10.0. The van der Waals surface area contributed by atoms with Gasteiger partial charge >= 0.3 is 0 Å². The smallest absolute Gasteiger partial charge is 0.197 e. The van der Waals surface area contributed by atoms with Crippen molar-refractivity contribution in [3.05, 3.63) is 63.4 Å². The average Bonchev–Trinajstić information content (AvgIpc) is 2.94. The van der Waals surface area contributed by atoms with Gasteiger partial charge in [-0.25, -0.2) is 0 Å². The standard InChI is InChI=1S/C24H26O5/c1-24(2)19-13-16(28-12-6-7-15(26)14-25)10-11-17(19)22(27)21-18-8-4-3-5-9-20(18)29-23(21)24/h3-4,8-11,13,15,25-26H,5-7,12,14H2,1-2H3/t15-/m0/s1. The van der Waals surface area contributed by atoms with Crippen molar-refractivity contribution in [3.8, 4) is 5.75 Å². The maximum absolute atomic E-state index is 13.3. The van der Waals surface area contributed by atoms with E-state index in [0.717, 1.165) is 22.6 Å². The summed E-state index contributed by atoms with van der Waals surface area (Å²) in [5.74, 6) is 1.36. The van der Waals surface area contributed by atoms with Crippen LogP contribution in [0.4, 0.5) is 0 Å². The van der Waals surface area contributed by atoms with Gasteiger partial charge in [0.2, 0.25) is 0 Å². The van der Waals surface area contributed by atoms with Gasteiger partial charge in [-0.15, -0.1) is 0 Å². The van der Waals surface area contributed by atoms with Gasteiger partial charge in [0.25, 0.3) is 0 Å². The molecule has 0 bridgehead atoms. The van der Waals surface area contributed by atoms with Crippen molar-refractivity contribution in [3.63, 3.8) is 0 Å². The molecule has 2 aromatic rings. The lowest BCUT2D eigenvalue weighted by Gasteiger charge is -2.30. The van der Waals surface area contributed by atoms with Crippen LogP contribution >= 0.6 is 0 Å². The third kappa shape index (κ3) is 3.45. The number of furan rings is 1. The Bertz CT molecular complexity index is 1090. The largest absolute Gasteiger partial charge is 0.494 e. The van der Waals surface area contributed by atoms with E-state index in [2.05, 4.69) is 13.8 Å². The van der Waals surface area contributed by atoms with Crippen molar-refractivity contribution in [1.29, 1.82) is 0 Å². The van der Waals surface area contributed by atoms with Crippen molar-refractivity contribution < 1.29 is 24.2 Å². The first-order chi connectivity index (χ1) is 13.9. The molecule has 0 radical (unpaired) electrons. The molecule has 0 spiro atoms. The third-order valence-electron chi connectivity index (χ3n) is 5.68. The molecular weight excluding hydrogens is 368 g/mol. The van der Waals surface area contributed by atoms with Crippen molar-refractivity contribution in [2.75, 3.05) is 13.2 Å². The molecule has 1 atom stereocenters. The summed E-state index contributed by atoms with van der Waals surface area (Å²) in [6, 6.07) is 5.56. The Morgan fingerprint density at radius 3 is 2.93 bits per heavy atom. The van der Waals surface area contributed by atoms with Crippen LogP contribution in [0.15, 0.2) is 34.8 Å². The first kappa shape index (κ1) is 19.7. The van der Waals surface area contributed by atoms with Crippen molar-refractivity contribution in [2.24, 2.45) is 0 Å². The van der Waals surface area contributed by atoms with E-state index in [9.17, 15) is 9.90 Å². The lowest BCUT2D eigenvalue weighted by atomic mass is 9.72. The molecule has 5 heteroatoms. The zero-order valence-electron chi connectivity index (χ0n) is 16.8. The number of ether oxygens (including phenoxy) is 1. The molecule has 152 valence electrons. The molecule has 2 N–H and O–H groups in total. The summed E-state index contributed by atoms with van der Waals surface area (Å²) in [6.07, 6.45) is 9.16. The Balaban J connectivity index is 1.67.